The van der Waals surface area contributed by atoms with Crippen LogP contribution in [0.4, 0.5) is 11.4 Å². The molecule has 0 saturated carbocycles. The van der Waals surface area contributed by atoms with Gasteiger partial charge in [0.05, 0.1) is 17.1 Å². The van der Waals surface area contributed by atoms with Crippen LogP contribution in [0.3, 0.4) is 0 Å². The van der Waals surface area contributed by atoms with E-state index in [-0.39, 0.29) is 4.90 Å². The molecule has 0 aliphatic rings. The van der Waals surface area contributed by atoms with Gasteiger partial charge in [-0.3, -0.25) is 15.2 Å². The quantitative estimate of drug-likeness (QED) is 0.565. The van der Waals surface area contributed by atoms with Crippen molar-refractivity contribution in [3.8, 4) is 0 Å². The van der Waals surface area contributed by atoms with Crippen molar-refractivity contribution in [2.45, 2.75) is 18.2 Å². The summed E-state index contributed by atoms with van der Waals surface area (Å²) in [5.41, 5.74) is 3.88. The second-order valence-electron chi connectivity index (χ2n) is 4.26. The lowest BCUT2D eigenvalue weighted by molar-refractivity contribution is 0.601. The van der Waals surface area contributed by atoms with Crippen LogP contribution in [0.5, 0.6) is 0 Å². The van der Waals surface area contributed by atoms with E-state index in [1.54, 1.807) is 36.1 Å². The van der Waals surface area contributed by atoms with E-state index in [0.717, 1.165) is 0 Å². The minimum absolute atomic E-state index is 0.0911. The number of hydrazine groups is 1. The summed E-state index contributed by atoms with van der Waals surface area (Å²) in [6.45, 7) is 1.91. The minimum Gasteiger partial charge on any atom is -0.323 e. The highest BCUT2D eigenvalue weighted by Gasteiger charge is 2.20. The predicted octanol–water partition coefficient (Wildman–Crippen LogP) is 1.07. The third-order valence-corrected chi connectivity index (χ3v) is 4.24. The van der Waals surface area contributed by atoms with Gasteiger partial charge in [0.1, 0.15) is 4.90 Å². The number of hydrogen-bond donors (Lipinski definition) is 3. The van der Waals surface area contributed by atoms with E-state index in [1.165, 1.54) is 6.07 Å². The Labute approximate surface area is 117 Å². The smallest absolute Gasteiger partial charge is 0.264 e. The molecule has 0 saturated heterocycles. The number of nitrogens with one attached hydrogen (secondary N) is 2. The number of anilines is 2. The molecule has 0 unspecified atom stereocenters. The Balaban J connectivity index is 2.40. The molecule has 1 aromatic heterocycles. The molecule has 0 fully saturated rings. The van der Waals surface area contributed by atoms with Gasteiger partial charge in [-0.2, -0.15) is 5.10 Å². The van der Waals surface area contributed by atoms with Crippen LogP contribution < -0.4 is 16.0 Å². The van der Waals surface area contributed by atoms with Gasteiger partial charge in [-0.1, -0.05) is 19.1 Å². The molecule has 0 amide bonds. The molecule has 2 rings (SSSR count). The van der Waals surface area contributed by atoms with Crippen molar-refractivity contribution in [2.24, 2.45) is 12.9 Å². The average molecular weight is 295 g/mol. The second-order valence-corrected chi connectivity index (χ2v) is 5.91. The fourth-order valence-corrected chi connectivity index (χ4v) is 3.15. The van der Waals surface area contributed by atoms with Crippen LogP contribution in [-0.2, 0) is 23.5 Å². The summed E-state index contributed by atoms with van der Waals surface area (Å²) in [7, 11) is -1.98. The molecule has 1 heterocycles. The average Bonchev–Trinajstić information content (AvgIpc) is 2.77. The van der Waals surface area contributed by atoms with Crippen molar-refractivity contribution < 1.29 is 8.42 Å². The van der Waals surface area contributed by atoms with Gasteiger partial charge < -0.3 is 5.43 Å². The van der Waals surface area contributed by atoms with Crippen LogP contribution in [0.2, 0.25) is 0 Å². The van der Waals surface area contributed by atoms with Crippen LogP contribution in [0.25, 0.3) is 0 Å². The lowest BCUT2D eigenvalue weighted by atomic mass is 10.3. The summed E-state index contributed by atoms with van der Waals surface area (Å²) in [5.74, 6) is 5.34. The number of para-hydroxylation sites is 1. The van der Waals surface area contributed by atoms with Gasteiger partial charge in [-0.15, -0.1) is 0 Å². The van der Waals surface area contributed by atoms with Gasteiger partial charge in [0, 0.05) is 13.2 Å². The maximum atomic E-state index is 12.4. The number of sulfonamides is 1. The number of hydrogen-bond acceptors (Lipinski definition) is 5. The lowest BCUT2D eigenvalue weighted by Crippen LogP contribution is -2.17. The molecule has 8 heteroatoms. The summed E-state index contributed by atoms with van der Waals surface area (Å²) >= 11 is 0. The van der Waals surface area contributed by atoms with E-state index in [1.807, 2.05) is 6.92 Å². The van der Waals surface area contributed by atoms with Crippen LogP contribution >= 0.6 is 0 Å². The molecule has 0 atom stereocenters. The zero-order chi connectivity index (χ0) is 14.8. The van der Waals surface area contributed by atoms with Gasteiger partial charge in [0.25, 0.3) is 10.0 Å². The molecule has 0 aliphatic carbocycles. The third-order valence-electron chi connectivity index (χ3n) is 2.82. The molecule has 0 bridgehead atoms. The third kappa shape index (κ3) is 2.75. The SMILES string of the molecule is CCc1nn(C)cc1NS(=O)(=O)c1ccccc1NN. The molecule has 1 aromatic carbocycles. The van der Waals surface area contributed by atoms with Crippen molar-refractivity contribution in [2.75, 3.05) is 10.1 Å². The van der Waals surface area contributed by atoms with Crippen molar-refractivity contribution in [1.29, 1.82) is 0 Å². The molecule has 20 heavy (non-hydrogen) atoms. The summed E-state index contributed by atoms with van der Waals surface area (Å²) < 4.78 is 28.9. The Bertz CT molecular complexity index is 708. The van der Waals surface area contributed by atoms with Crippen molar-refractivity contribution in [1.82, 2.24) is 9.78 Å². The largest absolute Gasteiger partial charge is 0.323 e. The number of benzene rings is 1. The molecule has 0 spiro atoms. The molecule has 0 radical (unpaired) electrons. The standard InChI is InChI=1S/C12H17N5O2S/c1-3-9-11(8-17(2)15-9)16-20(18,19)12-7-5-4-6-10(12)14-13/h4-8,14,16H,3,13H2,1-2H3. The van der Waals surface area contributed by atoms with Crippen LogP contribution in [0, 0.1) is 0 Å². The van der Waals surface area contributed by atoms with Crippen LogP contribution in [0.1, 0.15) is 12.6 Å². The van der Waals surface area contributed by atoms with E-state index in [0.29, 0.717) is 23.5 Å². The molecule has 7 nitrogen and oxygen atoms in total. The summed E-state index contributed by atoms with van der Waals surface area (Å²) in [6.07, 6.45) is 2.27. The number of nitrogens with two attached hydrogens (primary N) is 1. The Morgan fingerprint density at radius 1 is 1.30 bits per heavy atom. The molecule has 2 aromatic rings. The molecular formula is C12H17N5O2S. The van der Waals surface area contributed by atoms with Gasteiger partial charge in [0.15, 0.2) is 0 Å². The first-order valence-corrected chi connectivity index (χ1v) is 7.57. The minimum atomic E-state index is -3.72. The highest BCUT2D eigenvalue weighted by molar-refractivity contribution is 7.92. The number of aryl methyl sites for hydroxylation is 2. The number of nitrogen functional groups attached to an aromatic ring is 1. The van der Waals surface area contributed by atoms with E-state index in [4.69, 9.17) is 5.84 Å². The monoisotopic (exact) mass is 295 g/mol. The number of nitrogens with zero attached hydrogens (tertiary/aromatic N) is 2. The summed E-state index contributed by atoms with van der Waals surface area (Å²) in [6, 6.07) is 6.42. The van der Waals surface area contributed by atoms with Crippen LogP contribution in [0.15, 0.2) is 35.4 Å². The molecule has 0 aliphatic heterocycles. The van der Waals surface area contributed by atoms with Crippen molar-refractivity contribution in [3.63, 3.8) is 0 Å². The van der Waals surface area contributed by atoms with E-state index in [2.05, 4.69) is 15.2 Å². The number of rotatable bonds is 5. The van der Waals surface area contributed by atoms with Crippen molar-refractivity contribution in [3.05, 3.63) is 36.2 Å². The number of aromatic nitrogens is 2. The molecular weight excluding hydrogens is 278 g/mol. The Morgan fingerprint density at radius 3 is 2.65 bits per heavy atom. The first-order chi connectivity index (χ1) is 9.47. The highest BCUT2D eigenvalue weighted by atomic mass is 32.2. The van der Waals surface area contributed by atoms with E-state index >= 15 is 0 Å². The fraction of sp³-hybridized carbons (Fsp3) is 0.250. The van der Waals surface area contributed by atoms with Gasteiger partial charge in [-0.25, -0.2) is 8.42 Å². The van der Waals surface area contributed by atoms with Gasteiger partial charge >= 0.3 is 0 Å². The Kier molecular flexibility index (Phi) is 3.96. The normalized spacial score (nSPS) is 11.3. The fourth-order valence-electron chi connectivity index (χ4n) is 1.90. The topological polar surface area (TPSA) is 102 Å². The Morgan fingerprint density at radius 2 is 2.00 bits per heavy atom. The maximum absolute atomic E-state index is 12.4. The first-order valence-electron chi connectivity index (χ1n) is 6.09. The Hall–Kier alpha value is -2.06. The predicted molar refractivity (Wildman–Crippen MR) is 77.6 cm³/mol. The second kappa shape index (κ2) is 5.51. The van der Waals surface area contributed by atoms with Gasteiger partial charge in [0.2, 0.25) is 0 Å². The highest BCUT2D eigenvalue weighted by Crippen LogP contribution is 2.24. The van der Waals surface area contributed by atoms with Crippen molar-refractivity contribution >= 4 is 21.4 Å². The summed E-state index contributed by atoms with van der Waals surface area (Å²) in [5, 5.41) is 4.20. The first kappa shape index (κ1) is 14.4. The molecule has 108 valence electrons. The summed E-state index contributed by atoms with van der Waals surface area (Å²) in [4.78, 5) is 0.0911. The zero-order valence-corrected chi connectivity index (χ0v) is 12.1. The van der Waals surface area contributed by atoms with Gasteiger partial charge in [-0.05, 0) is 18.6 Å². The maximum Gasteiger partial charge on any atom is 0.264 e. The molecule has 4 N–H and O–H groups in total. The zero-order valence-electron chi connectivity index (χ0n) is 11.3. The van der Waals surface area contributed by atoms with E-state index in [9.17, 15) is 8.42 Å². The van der Waals surface area contributed by atoms with Crippen LogP contribution in [-0.4, -0.2) is 18.2 Å². The lowest BCUT2D eigenvalue weighted by Gasteiger charge is -2.11. The van der Waals surface area contributed by atoms with E-state index < -0.39 is 10.0 Å².